The first-order valence-corrected chi connectivity index (χ1v) is 13.7. The van der Waals surface area contributed by atoms with Crippen molar-refractivity contribution in [2.24, 2.45) is 40.9 Å². The highest BCUT2D eigenvalue weighted by atomic mass is 16.5. The van der Waals surface area contributed by atoms with Gasteiger partial charge in [0.05, 0.1) is 42.5 Å². The van der Waals surface area contributed by atoms with E-state index in [0.717, 1.165) is 6.92 Å². The van der Waals surface area contributed by atoms with Gasteiger partial charge < -0.3 is 71.5 Å². The van der Waals surface area contributed by atoms with Gasteiger partial charge >= 0.3 is 0 Å². The SMILES string of the molecule is CC(O)(O)CC1CC(C(C)(C)C)C(O)C2C(O)C3C(O)C4(O)C(O)C(C(O)O)C(O)CC4(O)C(O)C3(O)C(O)C12. The van der Waals surface area contributed by atoms with Crippen LogP contribution in [-0.2, 0) is 0 Å². The molecule has 4 saturated carbocycles. The molecule has 234 valence electrons. The van der Waals surface area contributed by atoms with E-state index >= 15 is 0 Å². The van der Waals surface area contributed by atoms with E-state index in [1.165, 1.54) is 0 Å². The lowest BCUT2D eigenvalue weighted by atomic mass is 9.42. The predicted molar refractivity (Wildman–Crippen MR) is 132 cm³/mol. The highest BCUT2D eigenvalue weighted by Gasteiger charge is 2.82. The van der Waals surface area contributed by atoms with Gasteiger partial charge in [0.15, 0.2) is 12.1 Å². The molecular weight excluding hydrogens is 536 g/mol. The van der Waals surface area contributed by atoms with Gasteiger partial charge in [-0.15, -0.1) is 0 Å². The molecule has 0 radical (unpaired) electrons. The molecule has 0 aromatic heterocycles. The fraction of sp³-hybridized carbons (Fsp3) is 1.00. The molecule has 14 N–H and O–H groups in total. The monoisotopic (exact) mass is 582 g/mol. The summed E-state index contributed by atoms with van der Waals surface area (Å²) >= 11 is 0. The van der Waals surface area contributed by atoms with Crippen molar-refractivity contribution in [2.45, 2.75) is 119 Å². The maximum atomic E-state index is 11.9. The molecule has 0 spiro atoms. The summed E-state index contributed by atoms with van der Waals surface area (Å²) in [7, 11) is 0. The van der Waals surface area contributed by atoms with Crippen LogP contribution in [0.3, 0.4) is 0 Å². The van der Waals surface area contributed by atoms with E-state index in [2.05, 4.69) is 0 Å². The van der Waals surface area contributed by atoms with Crippen LogP contribution in [0.4, 0.5) is 0 Å². The minimum Gasteiger partial charge on any atom is -0.392 e. The Balaban J connectivity index is 1.89. The number of rotatable bonds is 3. The average Bonchev–Trinajstić information content (AvgIpc) is 2.78. The summed E-state index contributed by atoms with van der Waals surface area (Å²) in [6.45, 7) is 6.53. The zero-order chi connectivity index (χ0) is 30.7. The molecule has 14 heteroatoms. The van der Waals surface area contributed by atoms with Gasteiger partial charge in [0.25, 0.3) is 0 Å². The van der Waals surface area contributed by atoms with Gasteiger partial charge in [0, 0.05) is 24.7 Å². The molecule has 4 rings (SSSR count). The molecule has 0 aromatic carbocycles. The second-order valence-corrected chi connectivity index (χ2v) is 14.2. The normalized spacial score (nSPS) is 55.4. The van der Waals surface area contributed by atoms with E-state index in [0.29, 0.717) is 0 Å². The van der Waals surface area contributed by atoms with Gasteiger partial charge in [-0.05, 0) is 36.5 Å². The van der Waals surface area contributed by atoms with Crippen molar-refractivity contribution in [1.29, 1.82) is 0 Å². The third-order valence-electron chi connectivity index (χ3n) is 10.7. The van der Waals surface area contributed by atoms with Gasteiger partial charge in [0.2, 0.25) is 0 Å². The zero-order valence-electron chi connectivity index (χ0n) is 23.0. The highest BCUT2D eigenvalue weighted by molar-refractivity contribution is 5.31. The van der Waals surface area contributed by atoms with Crippen molar-refractivity contribution in [1.82, 2.24) is 0 Å². The van der Waals surface area contributed by atoms with Gasteiger partial charge in [-0.2, -0.15) is 0 Å². The Hall–Kier alpha value is -0.560. The molecule has 0 amide bonds. The fourth-order valence-corrected chi connectivity index (χ4v) is 8.87. The maximum absolute atomic E-state index is 11.9. The van der Waals surface area contributed by atoms with E-state index < -0.39 is 119 Å². The Morgan fingerprint density at radius 1 is 0.775 bits per heavy atom. The fourth-order valence-electron chi connectivity index (χ4n) is 8.87. The van der Waals surface area contributed by atoms with Crippen LogP contribution in [0, 0.1) is 40.9 Å². The molecule has 4 aliphatic rings. The van der Waals surface area contributed by atoms with Crippen LogP contribution in [0.5, 0.6) is 0 Å². The molecule has 14 nitrogen and oxygen atoms in total. The molecule has 16 unspecified atom stereocenters. The topological polar surface area (TPSA) is 283 Å². The van der Waals surface area contributed by atoms with Crippen molar-refractivity contribution >= 4 is 0 Å². The Labute approximate surface area is 231 Å². The second-order valence-electron chi connectivity index (χ2n) is 14.2. The Morgan fingerprint density at radius 3 is 1.80 bits per heavy atom. The number of fused-ring (bicyclic) bond motifs is 3. The lowest BCUT2D eigenvalue weighted by Gasteiger charge is -2.70. The first kappa shape index (κ1) is 32.4. The quantitative estimate of drug-likeness (QED) is 0.138. The molecular formula is C26H46O14. The van der Waals surface area contributed by atoms with Crippen LogP contribution >= 0.6 is 0 Å². The van der Waals surface area contributed by atoms with Crippen LogP contribution in [-0.4, -0.2) is 143 Å². The molecule has 40 heavy (non-hydrogen) atoms. The van der Waals surface area contributed by atoms with E-state index in [-0.39, 0.29) is 12.8 Å². The maximum Gasteiger partial charge on any atom is 0.159 e. The summed E-state index contributed by atoms with van der Waals surface area (Å²) in [5, 5.41) is 154. The third-order valence-corrected chi connectivity index (χ3v) is 10.7. The summed E-state index contributed by atoms with van der Waals surface area (Å²) in [4.78, 5) is 0. The van der Waals surface area contributed by atoms with Crippen LogP contribution in [0.15, 0.2) is 0 Å². The average molecular weight is 583 g/mol. The second kappa shape index (κ2) is 9.72. The van der Waals surface area contributed by atoms with Crippen molar-refractivity contribution in [3.63, 3.8) is 0 Å². The predicted octanol–water partition coefficient (Wildman–Crippen LogP) is -5.31. The number of aliphatic hydroxyl groups excluding tert-OH is 8. The van der Waals surface area contributed by atoms with Crippen molar-refractivity contribution < 1.29 is 71.5 Å². The van der Waals surface area contributed by atoms with Gasteiger partial charge in [-0.1, -0.05) is 20.8 Å². The molecule has 0 bridgehead atoms. The van der Waals surface area contributed by atoms with E-state index in [4.69, 9.17) is 0 Å². The zero-order valence-corrected chi connectivity index (χ0v) is 23.0. The van der Waals surface area contributed by atoms with Crippen molar-refractivity contribution in [3.8, 4) is 0 Å². The highest BCUT2D eigenvalue weighted by Crippen LogP contribution is 2.63. The van der Waals surface area contributed by atoms with Crippen LogP contribution in [0.2, 0.25) is 0 Å². The first-order chi connectivity index (χ1) is 18.0. The number of hydrogen-bond donors (Lipinski definition) is 14. The summed E-state index contributed by atoms with van der Waals surface area (Å²) in [5.41, 5.74) is -10.0. The first-order valence-electron chi connectivity index (χ1n) is 13.7. The minimum absolute atomic E-state index is 0.105. The largest absolute Gasteiger partial charge is 0.392 e. The van der Waals surface area contributed by atoms with E-state index in [1.807, 2.05) is 20.8 Å². The molecule has 0 aromatic rings. The number of aliphatic hydroxyl groups is 14. The smallest absolute Gasteiger partial charge is 0.159 e. The summed E-state index contributed by atoms with van der Waals surface area (Å²) in [6, 6.07) is 0. The molecule has 0 heterocycles. The standard InChI is InChI=1S/C26H46O14/c1-22(2,3)9-5-8(6-23(4,36)37)11-13(15(9)28)16(29)14-19(32)26(40)18(31)12(20(33)34)10(27)7-24(26,38)21(35)25(14,39)17(11)30/h8-21,27-40H,5-7H2,1-4H3. The molecule has 4 fully saturated rings. The van der Waals surface area contributed by atoms with Crippen LogP contribution in [0.1, 0.15) is 47.0 Å². The van der Waals surface area contributed by atoms with Gasteiger partial charge in [0.1, 0.15) is 22.9 Å². The molecule has 0 aliphatic heterocycles. The third kappa shape index (κ3) is 4.23. The van der Waals surface area contributed by atoms with Gasteiger partial charge in [-0.3, -0.25) is 0 Å². The van der Waals surface area contributed by atoms with Gasteiger partial charge in [-0.25, -0.2) is 0 Å². The van der Waals surface area contributed by atoms with E-state index in [9.17, 15) is 71.5 Å². The van der Waals surface area contributed by atoms with Crippen LogP contribution in [0.25, 0.3) is 0 Å². The van der Waals surface area contributed by atoms with Crippen LogP contribution < -0.4 is 0 Å². The number of hydrogen-bond acceptors (Lipinski definition) is 14. The molecule has 16 atom stereocenters. The summed E-state index contributed by atoms with van der Waals surface area (Å²) in [6.07, 6.45) is -19.0. The van der Waals surface area contributed by atoms with Crippen molar-refractivity contribution in [3.05, 3.63) is 0 Å². The molecule has 0 saturated heterocycles. The van der Waals surface area contributed by atoms with E-state index in [1.54, 1.807) is 0 Å². The minimum atomic E-state index is -3.26. The summed E-state index contributed by atoms with van der Waals surface area (Å²) in [5.74, 6) is -10.5. The summed E-state index contributed by atoms with van der Waals surface area (Å²) < 4.78 is 0. The molecule has 4 aliphatic carbocycles. The Morgan fingerprint density at radius 2 is 1.32 bits per heavy atom. The lowest BCUT2D eigenvalue weighted by Crippen LogP contribution is -2.90. The lowest BCUT2D eigenvalue weighted by molar-refractivity contribution is -0.416. The Kier molecular flexibility index (Phi) is 7.87. The van der Waals surface area contributed by atoms with Crippen molar-refractivity contribution in [2.75, 3.05) is 0 Å². The Bertz CT molecular complexity index is 951.